The molecule has 1 N–H and O–H groups in total. The van der Waals surface area contributed by atoms with E-state index in [0.717, 1.165) is 6.42 Å². The van der Waals surface area contributed by atoms with Crippen molar-refractivity contribution in [3.8, 4) is 0 Å². The summed E-state index contributed by atoms with van der Waals surface area (Å²) in [6.45, 7) is 3.71. The predicted octanol–water partition coefficient (Wildman–Crippen LogP) is 2.41. The first-order valence-corrected chi connectivity index (χ1v) is 2.79. The third-order valence-electron chi connectivity index (χ3n) is 0.709. The van der Waals surface area contributed by atoms with Crippen LogP contribution in [0.25, 0.3) is 0 Å². The maximum Gasteiger partial charge on any atom is 0.0891 e. The molecule has 0 aliphatic carbocycles. The normalized spacial score (nSPS) is 13.0. The van der Waals surface area contributed by atoms with Crippen molar-refractivity contribution >= 4 is 0 Å². The SMILES string of the molecule is CC/C=C/C=C(/C)O. The first-order valence-electron chi connectivity index (χ1n) is 2.79. The molecule has 0 heterocycles. The molecule has 0 aromatic heterocycles. The Balaban J connectivity index is 3.42. The average molecular weight is 112 g/mol. The molecule has 0 radical (unpaired) electrons. The number of hydrogen-bond donors (Lipinski definition) is 1. The van der Waals surface area contributed by atoms with E-state index in [0.29, 0.717) is 5.76 Å². The number of allylic oxidation sites excluding steroid dienone is 4. The maximum absolute atomic E-state index is 8.59. The summed E-state index contributed by atoms with van der Waals surface area (Å²) in [4.78, 5) is 0. The van der Waals surface area contributed by atoms with Crippen LogP contribution in [0.4, 0.5) is 0 Å². The summed E-state index contributed by atoms with van der Waals surface area (Å²) < 4.78 is 0. The van der Waals surface area contributed by atoms with Gasteiger partial charge in [0.2, 0.25) is 0 Å². The number of aliphatic hydroxyl groups is 1. The van der Waals surface area contributed by atoms with Crippen LogP contribution < -0.4 is 0 Å². The van der Waals surface area contributed by atoms with E-state index < -0.39 is 0 Å². The van der Waals surface area contributed by atoms with E-state index in [9.17, 15) is 0 Å². The standard InChI is InChI=1S/C7H12O/c1-3-4-5-6-7(2)8/h4-6,8H,3H2,1-2H3/b5-4+,7-6-. The lowest BCUT2D eigenvalue weighted by Gasteiger charge is -1.80. The summed E-state index contributed by atoms with van der Waals surface area (Å²) in [5.41, 5.74) is 0. The van der Waals surface area contributed by atoms with Crippen molar-refractivity contribution in [2.45, 2.75) is 20.3 Å². The van der Waals surface area contributed by atoms with Gasteiger partial charge in [0.1, 0.15) is 0 Å². The lowest BCUT2D eigenvalue weighted by molar-refractivity contribution is 0.414. The van der Waals surface area contributed by atoms with Gasteiger partial charge in [0.25, 0.3) is 0 Å². The summed E-state index contributed by atoms with van der Waals surface area (Å²) in [7, 11) is 0. The topological polar surface area (TPSA) is 20.2 Å². The van der Waals surface area contributed by atoms with E-state index in [1.165, 1.54) is 0 Å². The highest BCUT2D eigenvalue weighted by molar-refractivity contribution is 5.04. The molecule has 0 aromatic rings. The van der Waals surface area contributed by atoms with Gasteiger partial charge in [-0.25, -0.2) is 0 Å². The van der Waals surface area contributed by atoms with Crippen LogP contribution in [0.3, 0.4) is 0 Å². The van der Waals surface area contributed by atoms with Crippen molar-refractivity contribution in [1.29, 1.82) is 0 Å². The minimum atomic E-state index is 0.356. The smallest absolute Gasteiger partial charge is 0.0891 e. The lowest BCUT2D eigenvalue weighted by Crippen LogP contribution is -1.64. The second-order valence-corrected chi connectivity index (χ2v) is 1.64. The van der Waals surface area contributed by atoms with Crippen LogP contribution in [0, 0.1) is 0 Å². The Morgan fingerprint density at radius 1 is 1.62 bits per heavy atom. The van der Waals surface area contributed by atoms with Gasteiger partial charge in [0.05, 0.1) is 5.76 Å². The van der Waals surface area contributed by atoms with Crippen molar-refractivity contribution in [3.05, 3.63) is 24.0 Å². The van der Waals surface area contributed by atoms with E-state index in [1.54, 1.807) is 13.0 Å². The Morgan fingerprint density at radius 2 is 2.25 bits per heavy atom. The highest BCUT2D eigenvalue weighted by atomic mass is 16.3. The minimum Gasteiger partial charge on any atom is -0.513 e. The van der Waals surface area contributed by atoms with Gasteiger partial charge in [-0.1, -0.05) is 19.1 Å². The van der Waals surface area contributed by atoms with E-state index in [1.807, 2.05) is 12.2 Å². The van der Waals surface area contributed by atoms with Gasteiger partial charge >= 0.3 is 0 Å². The molecule has 0 saturated carbocycles. The summed E-state index contributed by atoms with van der Waals surface area (Å²) in [5, 5.41) is 8.59. The highest BCUT2D eigenvalue weighted by Crippen LogP contribution is 1.86. The molecule has 0 fully saturated rings. The third-order valence-corrected chi connectivity index (χ3v) is 0.709. The van der Waals surface area contributed by atoms with Crippen molar-refractivity contribution in [3.63, 3.8) is 0 Å². The molecule has 8 heavy (non-hydrogen) atoms. The summed E-state index contributed by atoms with van der Waals surface area (Å²) in [6, 6.07) is 0. The Morgan fingerprint density at radius 3 is 2.62 bits per heavy atom. The van der Waals surface area contributed by atoms with Gasteiger partial charge in [0.15, 0.2) is 0 Å². The molecule has 0 amide bonds. The lowest BCUT2D eigenvalue weighted by atomic mass is 10.4. The number of hydrogen-bond acceptors (Lipinski definition) is 1. The molecule has 0 saturated heterocycles. The van der Waals surface area contributed by atoms with Crippen LogP contribution in [-0.4, -0.2) is 5.11 Å². The zero-order valence-electron chi connectivity index (χ0n) is 5.39. The van der Waals surface area contributed by atoms with Crippen molar-refractivity contribution in [1.82, 2.24) is 0 Å². The van der Waals surface area contributed by atoms with Gasteiger partial charge < -0.3 is 5.11 Å². The van der Waals surface area contributed by atoms with Crippen molar-refractivity contribution in [2.75, 3.05) is 0 Å². The second kappa shape index (κ2) is 4.44. The van der Waals surface area contributed by atoms with E-state index >= 15 is 0 Å². The Labute approximate surface area is 50.3 Å². The summed E-state index contributed by atoms with van der Waals surface area (Å²) in [6.07, 6.45) is 6.52. The summed E-state index contributed by atoms with van der Waals surface area (Å²) >= 11 is 0. The molecule has 1 nitrogen and oxygen atoms in total. The number of aliphatic hydroxyl groups excluding tert-OH is 1. The molecule has 1 heteroatoms. The minimum absolute atomic E-state index is 0.356. The maximum atomic E-state index is 8.59. The second-order valence-electron chi connectivity index (χ2n) is 1.64. The van der Waals surface area contributed by atoms with Crippen LogP contribution in [0.2, 0.25) is 0 Å². The zero-order valence-corrected chi connectivity index (χ0v) is 5.39. The Bertz CT molecular complexity index is 97.0. The average Bonchev–Trinajstić information content (AvgIpc) is 1.66. The van der Waals surface area contributed by atoms with Gasteiger partial charge in [-0.2, -0.15) is 0 Å². The molecule has 0 atom stereocenters. The molecule has 0 aromatic carbocycles. The number of rotatable bonds is 2. The molecular weight excluding hydrogens is 100 g/mol. The van der Waals surface area contributed by atoms with Crippen LogP contribution in [0.15, 0.2) is 24.0 Å². The first-order chi connectivity index (χ1) is 3.77. The quantitative estimate of drug-likeness (QED) is 0.429. The monoisotopic (exact) mass is 112 g/mol. The van der Waals surface area contributed by atoms with E-state index in [-0.39, 0.29) is 0 Å². The molecule has 0 bridgehead atoms. The Kier molecular flexibility index (Phi) is 4.04. The molecular formula is C7H12O. The third kappa shape index (κ3) is 5.28. The molecule has 0 rings (SSSR count). The van der Waals surface area contributed by atoms with Gasteiger partial charge in [-0.05, 0) is 19.4 Å². The van der Waals surface area contributed by atoms with Crippen molar-refractivity contribution < 1.29 is 5.11 Å². The molecule has 46 valence electrons. The van der Waals surface area contributed by atoms with Crippen LogP contribution in [0.1, 0.15) is 20.3 Å². The first kappa shape index (κ1) is 7.28. The van der Waals surface area contributed by atoms with E-state index in [4.69, 9.17) is 5.11 Å². The van der Waals surface area contributed by atoms with Gasteiger partial charge in [-0.3, -0.25) is 0 Å². The van der Waals surface area contributed by atoms with Crippen molar-refractivity contribution in [2.24, 2.45) is 0 Å². The molecule has 0 unspecified atom stereocenters. The highest BCUT2D eigenvalue weighted by Gasteiger charge is 1.70. The van der Waals surface area contributed by atoms with Gasteiger partial charge in [0, 0.05) is 0 Å². The van der Waals surface area contributed by atoms with Crippen LogP contribution in [-0.2, 0) is 0 Å². The fourth-order valence-corrected chi connectivity index (χ4v) is 0.343. The molecule has 0 aliphatic heterocycles. The predicted molar refractivity (Wildman–Crippen MR) is 35.8 cm³/mol. The fraction of sp³-hybridized carbons (Fsp3) is 0.429. The molecule has 0 aliphatic rings. The zero-order chi connectivity index (χ0) is 6.41. The van der Waals surface area contributed by atoms with Crippen LogP contribution >= 0.6 is 0 Å². The fourth-order valence-electron chi connectivity index (χ4n) is 0.343. The summed E-state index contributed by atoms with van der Waals surface area (Å²) in [5.74, 6) is 0.356. The van der Waals surface area contributed by atoms with Crippen LogP contribution in [0.5, 0.6) is 0 Å². The van der Waals surface area contributed by atoms with Gasteiger partial charge in [-0.15, -0.1) is 0 Å². The van der Waals surface area contributed by atoms with E-state index in [2.05, 4.69) is 6.92 Å². The largest absolute Gasteiger partial charge is 0.513 e. The molecule has 0 spiro atoms. The Hall–Kier alpha value is -0.720.